The first-order valence-corrected chi connectivity index (χ1v) is 8.99. The molecule has 138 valence electrons. The van der Waals surface area contributed by atoms with Crippen molar-refractivity contribution in [3.63, 3.8) is 0 Å². The molecule has 1 aromatic carbocycles. The van der Waals surface area contributed by atoms with E-state index in [1.807, 2.05) is 0 Å². The van der Waals surface area contributed by atoms with Crippen LogP contribution in [0.15, 0.2) is 24.3 Å². The average molecular weight is 380 g/mol. The summed E-state index contributed by atoms with van der Waals surface area (Å²) in [5, 5.41) is 2.69. The number of sulfonamides is 1. The van der Waals surface area contributed by atoms with E-state index in [2.05, 4.69) is 10.0 Å². The fourth-order valence-corrected chi connectivity index (χ4v) is 3.54. The second-order valence-corrected chi connectivity index (χ2v) is 7.33. The quantitative estimate of drug-likeness (QED) is 0.579. The predicted octanol–water partition coefficient (Wildman–Crippen LogP) is 0.526. The number of halogens is 1. The lowest BCUT2D eigenvalue weighted by Gasteiger charge is -2.15. The zero-order valence-corrected chi connectivity index (χ0v) is 15.7. The average Bonchev–Trinajstić information content (AvgIpc) is 2.44. The van der Waals surface area contributed by atoms with Gasteiger partial charge in [0, 0.05) is 19.7 Å². The van der Waals surface area contributed by atoms with Crippen molar-refractivity contribution >= 4 is 28.3 Å². The second kappa shape index (κ2) is 10.6. The lowest BCUT2D eigenvalue weighted by Crippen LogP contribution is -2.43. The molecule has 0 saturated carbocycles. The van der Waals surface area contributed by atoms with E-state index in [4.69, 9.17) is 10.5 Å². The van der Waals surface area contributed by atoms with Crippen LogP contribution in [0.5, 0.6) is 0 Å². The van der Waals surface area contributed by atoms with Gasteiger partial charge in [-0.05, 0) is 25.0 Å². The summed E-state index contributed by atoms with van der Waals surface area (Å²) < 4.78 is 31.5. The number of amides is 1. The summed E-state index contributed by atoms with van der Waals surface area (Å²) in [5.74, 6) is -0.480. The molecule has 0 bridgehead atoms. The maximum atomic E-state index is 12.1. The van der Waals surface area contributed by atoms with Crippen LogP contribution in [0.2, 0.25) is 0 Å². The number of benzene rings is 1. The first-order chi connectivity index (χ1) is 10.7. The molecule has 0 aliphatic carbocycles. The van der Waals surface area contributed by atoms with Gasteiger partial charge in [-0.3, -0.25) is 4.79 Å². The van der Waals surface area contributed by atoms with Crippen molar-refractivity contribution in [2.24, 2.45) is 5.73 Å². The van der Waals surface area contributed by atoms with Gasteiger partial charge in [-0.25, -0.2) is 13.1 Å². The summed E-state index contributed by atoms with van der Waals surface area (Å²) >= 11 is 0. The number of carbonyl (C=O) groups excluding carboxylic acids is 1. The second-order valence-electron chi connectivity index (χ2n) is 5.58. The summed E-state index contributed by atoms with van der Waals surface area (Å²) in [6.45, 7) is 3.87. The van der Waals surface area contributed by atoms with Gasteiger partial charge in [0.2, 0.25) is 15.9 Å². The van der Waals surface area contributed by atoms with E-state index in [1.54, 1.807) is 38.1 Å². The molecule has 7 nitrogen and oxygen atoms in total. The summed E-state index contributed by atoms with van der Waals surface area (Å²) in [4.78, 5) is 11.8. The highest BCUT2D eigenvalue weighted by molar-refractivity contribution is 7.88. The molecule has 0 saturated heterocycles. The smallest absolute Gasteiger partial charge is 0.239 e. The molecule has 0 fully saturated rings. The lowest BCUT2D eigenvalue weighted by atomic mass is 10.1. The Hall–Kier alpha value is -1.19. The Labute approximate surface area is 149 Å². The Bertz CT molecular complexity index is 623. The Morgan fingerprint density at radius 2 is 1.83 bits per heavy atom. The summed E-state index contributed by atoms with van der Waals surface area (Å²) in [6, 6.07) is 6.15. The van der Waals surface area contributed by atoms with E-state index < -0.39 is 16.1 Å². The number of ether oxygens (including phenoxy) is 1. The van der Waals surface area contributed by atoms with Crippen LogP contribution < -0.4 is 15.8 Å². The molecule has 1 aromatic rings. The first kappa shape index (κ1) is 22.8. The fourth-order valence-electron chi connectivity index (χ4n) is 2.04. The summed E-state index contributed by atoms with van der Waals surface area (Å²) in [5.41, 5.74) is 7.02. The number of methoxy groups -OCH3 is 1. The molecule has 0 radical (unpaired) electrons. The third-order valence-corrected chi connectivity index (χ3v) is 4.54. The number of rotatable bonds is 9. The molecule has 0 aliphatic heterocycles. The van der Waals surface area contributed by atoms with Crippen LogP contribution in [0.4, 0.5) is 0 Å². The zero-order valence-electron chi connectivity index (χ0n) is 14.1. The molecule has 0 aliphatic rings. The highest BCUT2D eigenvalue weighted by atomic mass is 35.5. The van der Waals surface area contributed by atoms with Crippen molar-refractivity contribution < 1.29 is 17.9 Å². The van der Waals surface area contributed by atoms with Gasteiger partial charge in [0.05, 0.1) is 12.4 Å². The minimum absolute atomic E-state index is 0. The van der Waals surface area contributed by atoms with Crippen LogP contribution in [-0.4, -0.2) is 40.1 Å². The largest absolute Gasteiger partial charge is 0.383 e. The van der Waals surface area contributed by atoms with E-state index in [1.165, 1.54) is 7.11 Å². The van der Waals surface area contributed by atoms with E-state index in [0.29, 0.717) is 5.56 Å². The van der Waals surface area contributed by atoms with Crippen molar-refractivity contribution in [1.82, 2.24) is 10.0 Å². The minimum atomic E-state index is -3.43. The van der Waals surface area contributed by atoms with Gasteiger partial charge in [0.1, 0.15) is 6.04 Å². The Balaban J connectivity index is 0.00000529. The van der Waals surface area contributed by atoms with Gasteiger partial charge in [0.25, 0.3) is 0 Å². The molecule has 0 heterocycles. The van der Waals surface area contributed by atoms with Gasteiger partial charge < -0.3 is 15.8 Å². The van der Waals surface area contributed by atoms with Crippen LogP contribution in [0.1, 0.15) is 25.0 Å². The van der Waals surface area contributed by atoms with Crippen LogP contribution in [0.25, 0.3) is 0 Å². The molecular weight excluding hydrogens is 354 g/mol. The van der Waals surface area contributed by atoms with E-state index in [-0.39, 0.29) is 43.3 Å². The minimum Gasteiger partial charge on any atom is -0.383 e. The predicted molar refractivity (Wildman–Crippen MR) is 96.3 cm³/mol. The maximum Gasteiger partial charge on any atom is 0.239 e. The number of hydrogen-bond donors (Lipinski definition) is 3. The van der Waals surface area contributed by atoms with Gasteiger partial charge >= 0.3 is 0 Å². The number of carbonyl (C=O) groups is 1. The topological polar surface area (TPSA) is 111 Å². The highest BCUT2D eigenvalue weighted by Gasteiger charge is 2.17. The third-order valence-electron chi connectivity index (χ3n) is 3.02. The van der Waals surface area contributed by atoms with Crippen LogP contribution >= 0.6 is 12.4 Å². The number of nitrogens with two attached hydrogens (primary N) is 1. The van der Waals surface area contributed by atoms with Crippen LogP contribution in [-0.2, 0) is 31.9 Å². The molecule has 0 spiro atoms. The van der Waals surface area contributed by atoms with Crippen molar-refractivity contribution in [1.29, 1.82) is 0 Å². The van der Waals surface area contributed by atoms with Gasteiger partial charge in [-0.1, -0.05) is 24.3 Å². The molecule has 9 heteroatoms. The SMILES string of the molecule is COCC(N)C(=O)NCc1ccccc1CS(=O)(=O)NC(C)C.Cl. The van der Waals surface area contributed by atoms with E-state index in [9.17, 15) is 13.2 Å². The number of hydrogen-bond acceptors (Lipinski definition) is 5. The molecule has 4 N–H and O–H groups in total. The summed E-state index contributed by atoms with van der Waals surface area (Å²) in [6.07, 6.45) is 0. The van der Waals surface area contributed by atoms with Gasteiger partial charge in [-0.15, -0.1) is 12.4 Å². The van der Waals surface area contributed by atoms with Gasteiger partial charge in [-0.2, -0.15) is 0 Å². The molecule has 1 amide bonds. The first-order valence-electron chi connectivity index (χ1n) is 7.34. The van der Waals surface area contributed by atoms with E-state index in [0.717, 1.165) is 5.56 Å². The fraction of sp³-hybridized carbons (Fsp3) is 0.533. The Kier molecular flexibility index (Phi) is 10.1. The zero-order chi connectivity index (χ0) is 17.5. The normalized spacial score (nSPS) is 12.5. The van der Waals surface area contributed by atoms with Crippen molar-refractivity contribution in [2.45, 2.75) is 38.2 Å². The molecular formula is C15H26ClN3O4S. The lowest BCUT2D eigenvalue weighted by molar-refractivity contribution is -0.123. The van der Waals surface area contributed by atoms with Crippen molar-refractivity contribution in [3.05, 3.63) is 35.4 Å². The standard InChI is InChI=1S/C15H25N3O4S.ClH/c1-11(2)18-23(20,21)10-13-7-5-4-6-12(13)8-17-15(19)14(16)9-22-3;/h4-7,11,14,18H,8-10,16H2,1-3H3,(H,17,19);1H. The Morgan fingerprint density at radius 3 is 2.38 bits per heavy atom. The van der Waals surface area contributed by atoms with Crippen LogP contribution in [0.3, 0.4) is 0 Å². The van der Waals surface area contributed by atoms with Crippen molar-refractivity contribution in [3.8, 4) is 0 Å². The molecule has 1 atom stereocenters. The highest BCUT2D eigenvalue weighted by Crippen LogP contribution is 2.12. The van der Waals surface area contributed by atoms with E-state index >= 15 is 0 Å². The van der Waals surface area contributed by atoms with Crippen LogP contribution in [0, 0.1) is 0 Å². The van der Waals surface area contributed by atoms with Crippen molar-refractivity contribution in [2.75, 3.05) is 13.7 Å². The molecule has 24 heavy (non-hydrogen) atoms. The molecule has 0 aromatic heterocycles. The Morgan fingerprint density at radius 1 is 1.25 bits per heavy atom. The third kappa shape index (κ3) is 8.07. The summed E-state index contributed by atoms with van der Waals surface area (Å²) in [7, 11) is -1.96. The maximum absolute atomic E-state index is 12.1. The van der Waals surface area contributed by atoms with Gasteiger partial charge in [0.15, 0.2) is 0 Å². The molecule has 1 rings (SSSR count). The monoisotopic (exact) mass is 379 g/mol. The number of nitrogens with one attached hydrogen (secondary N) is 2. The molecule has 1 unspecified atom stereocenters.